The molecule has 1 unspecified atom stereocenters. The summed E-state index contributed by atoms with van der Waals surface area (Å²) in [6.45, 7) is 3.33. The summed E-state index contributed by atoms with van der Waals surface area (Å²) in [7, 11) is -3.38. The second-order valence-electron chi connectivity index (χ2n) is 7.27. The molecule has 0 aliphatic carbocycles. The molecule has 2 amide bonds. The Hall–Kier alpha value is -1.60. The fourth-order valence-electron chi connectivity index (χ4n) is 3.95. The number of carbonyl (C=O) groups is 2. The fraction of sp³-hybridized carbons (Fsp3) is 0.579. The molecule has 8 heteroatoms. The van der Waals surface area contributed by atoms with Gasteiger partial charge in [-0.15, -0.1) is 0 Å². The van der Waals surface area contributed by atoms with Gasteiger partial charge in [0.25, 0.3) is 0 Å². The lowest BCUT2D eigenvalue weighted by molar-refractivity contribution is -0.139. The van der Waals surface area contributed by atoms with Crippen molar-refractivity contribution in [1.29, 1.82) is 0 Å². The van der Waals surface area contributed by atoms with E-state index in [1.807, 2.05) is 0 Å². The van der Waals surface area contributed by atoms with Crippen LogP contribution < -0.4 is 0 Å². The minimum atomic E-state index is -3.38. The summed E-state index contributed by atoms with van der Waals surface area (Å²) in [6, 6.07) is 7.01. The summed E-state index contributed by atoms with van der Waals surface area (Å²) < 4.78 is 25.6. The normalized spacial score (nSPS) is 23.7. The summed E-state index contributed by atoms with van der Waals surface area (Å²) in [4.78, 5) is 27.8. The van der Waals surface area contributed by atoms with Gasteiger partial charge in [-0.1, -0.05) is 29.8 Å². The van der Waals surface area contributed by atoms with E-state index in [0.29, 0.717) is 49.5 Å². The Bertz CT molecular complexity index is 819. The molecule has 2 fully saturated rings. The third kappa shape index (κ3) is 4.46. The van der Waals surface area contributed by atoms with Gasteiger partial charge in [0, 0.05) is 44.0 Å². The Morgan fingerprint density at radius 2 is 1.63 bits per heavy atom. The number of amides is 2. The molecule has 0 bridgehead atoms. The van der Waals surface area contributed by atoms with Crippen LogP contribution in [0.5, 0.6) is 0 Å². The summed E-state index contributed by atoms with van der Waals surface area (Å²) in [5, 5.41) is -0.231. The zero-order valence-electron chi connectivity index (χ0n) is 15.4. The SMILES string of the molecule is CC(=O)N1CCC(C(=O)N2CCC(c3ccccc3Cl)S(=O)(=O)CC2)CC1. The number of rotatable bonds is 2. The minimum absolute atomic E-state index is 0.00760. The first kappa shape index (κ1) is 20.1. The number of hydrogen-bond acceptors (Lipinski definition) is 4. The molecule has 2 aliphatic heterocycles. The van der Waals surface area contributed by atoms with Crippen LogP contribution in [0.15, 0.2) is 24.3 Å². The summed E-state index contributed by atoms with van der Waals surface area (Å²) in [5.41, 5.74) is 0.614. The van der Waals surface area contributed by atoms with E-state index in [2.05, 4.69) is 0 Å². The molecular weight excluding hydrogens is 388 g/mol. The molecule has 2 heterocycles. The van der Waals surface area contributed by atoms with Gasteiger partial charge in [0.2, 0.25) is 11.8 Å². The number of hydrogen-bond donors (Lipinski definition) is 0. The maximum atomic E-state index is 12.9. The highest BCUT2D eigenvalue weighted by Gasteiger charge is 2.36. The molecule has 0 saturated carbocycles. The van der Waals surface area contributed by atoms with Crippen LogP contribution in [0.25, 0.3) is 0 Å². The van der Waals surface area contributed by atoms with Gasteiger partial charge in [0.05, 0.1) is 11.0 Å². The van der Waals surface area contributed by atoms with Crippen LogP contribution in [0.3, 0.4) is 0 Å². The molecule has 148 valence electrons. The van der Waals surface area contributed by atoms with Gasteiger partial charge in [-0.2, -0.15) is 0 Å². The molecular formula is C19H25ClN2O4S. The highest BCUT2D eigenvalue weighted by molar-refractivity contribution is 7.91. The monoisotopic (exact) mass is 412 g/mol. The molecule has 1 atom stereocenters. The van der Waals surface area contributed by atoms with Gasteiger partial charge < -0.3 is 9.80 Å². The molecule has 0 N–H and O–H groups in total. The average Bonchev–Trinajstić information content (AvgIpc) is 2.80. The largest absolute Gasteiger partial charge is 0.343 e. The molecule has 2 saturated heterocycles. The zero-order valence-corrected chi connectivity index (χ0v) is 17.0. The fourth-order valence-corrected chi connectivity index (χ4v) is 6.10. The Balaban J connectivity index is 1.69. The van der Waals surface area contributed by atoms with Crippen molar-refractivity contribution < 1.29 is 18.0 Å². The van der Waals surface area contributed by atoms with E-state index >= 15 is 0 Å². The summed E-state index contributed by atoms with van der Waals surface area (Å²) in [5.74, 6) is -0.154. The zero-order chi connectivity index (χ0) is 19.6. The van der Waals surface area contributed by atoms with Crippen LogP contribution in [0.1, 0.15) is 37.0 Å². The Morgan fingerprint density at radius 1 is 1.00 bits per heavy atom. The van der Waals surface area contributed by atoms with Crippen molar-refractivity contribution in [3.8, 4) is 0 Å². The molecule has 0 radical (unpaired) electrons. The van der Waals surface area contributed by atoms with Crippen LogP contribution in [-0.2, 0) is 19.4 Å². The number of sulfone groups is 1. The molecule has 6 nitrogen and oxygen atoms in total. The predicted molar refractivity (Wildman–Crippen MR) is 104 cm³/mol. The first-order valence-electron chi connectivity index (χ1n) is 9.30. The third-order valence-electron chi connectivity index (χ3n) is 5.59. The molecule has 27 heavy (non-hydrogen) atoms. The van der Waals surface area contributed by atoms with E-state index < -0.39 is 15.1 Å². The molecule has 1 aromatic rings. The van der Waals surface area contributed by atoms with E-state index in [9.17, 15) is 18.0 Å². The lowest BCUT2D eigenvalue weighted by Gasteiger charge is -2.33. The highest BCUT2D eigenvalue weighted by atomic mass is 35.5. The first-order chi connectivity index (χ1) is 12.8. The minimum Gasteiger partial charge on any atom is -0.343 e. The van der Waals surface area contributed by atoms with Crippen LogP contribution >= 0.6 is 11.6 Å². The number of likely N-dealkylation sites (tertiary alicyclic amines) is 1. The Kier molecular flexibility index (Phi) is 6.11. The number of halogens is 1. The topological polar surface area (TPSA) is 74.8 Å². The maximum Gasteiger partial charge on any atom is 0.225 e. The third-order valence-corrected chi connectivity index (χ3v) is 8.05. The number of nitrogens with zero attached hydrogens (tertiary/aromatic N) is 2. The van der Waals surface area contributed by atoms with Gasteiger partial charge >= 0.3 is 0 Å². The van der Waals surface area contributed by atoms with E-state index in [0.717, 1.165) is 0 Å². The van der Waals surface area contributed by atoms with Gasteiger partial charge in [-0.3, -0.25) is 9.59 Å². The van der Waals surface area contributed by atoms with Crippen LogP contribution in [0, 0.1) is 5.92 Å². The standard InChI is InChI=1S/C19H25ClN2O4S/c1-14(23)21-9-6-15(7-10-21)19(24)22-11-8-18(27(25,26)13-12-22)16-4-2-3-5-17(16)20/h2-5,15,18H,6-13H2,1H3. The van der Waals surface area contributed by atoms with Gasteiger partial charge in [-0.25, -0.2) is 8.42 Å². The van der Waals surface area contributed by atoms with Crippen molar-refractivity contribution in [2.45, 2.75) is 31.4 Å². The smallest absolute Gasteiger partial charge is 0.225 e. The highest BCUT2D eigenvalue weighted by Crippen LogP contribution is 2.34. The van der Waals surface area contributed by atoms with Crippen molar-refractivity contribution in [3.05, 3.63) is 34.9 Å². The maximum absolute atomic E-state index is 12.9. The van der Waals surface area contributed by atoms with Crippen LogP contribution in [-0.4, -0.2) is 62.0 Å². The Labute approximate surface area is 165 Å². The first-order valence-corrected chi connectivity index (χ1v) is 11.4. The summed E-state index contributed by atoms with van der Waals surface area (Å²) in [6.07, 6.45) is 1.62. The number of benzene rings is 1. The number of carbonyl (C=O) groups excluding carboxylic acids is 2. The molecule has 2 aliphatic rings. The quantitative estimate of drug-likeness (QED) is 0.746. The van der Waals surface area contributed by atoms with Crippen molar-refractivity contribution in [2.75, 3.05) is 31.9 Å². The molecule has 3 rings (SSSR count). The van der Waals surface area contributed by atoms with Crippen molar-refractivity contribution >= 4 is 33.3 Å². The summed E-state index contributed by atoms with van der Waals surface area (Å²) >= 11 is 6.22. The van der Waals surface area contributed by atoms with Gasteiger partial charge in [0.1, 0.15) is 0 Å². The van der Waals surface area contributed by atoms with E-state index in [-0.39, 0.29) is 30.0 Å². The molecule has 1 aromatic carbocycles. The van der Waals surface area contributed by atoms with Gasteiger partial charge in [0.15, 0.2) is 9.84 Å². The Morgan fingerprint density at radius 3 is 2.26 bits per heavy atom. The van der Waals surface area contributed by atoms with Crippen molar-refractivity contribution in [3.63, 3.8) is 0 Å². The van der Waals surface area contributed by atoms with Crippen LogP contribution in [0.4, 0.5) is 0 Å². The lowest BCUT2D eigenvalue weighted by atomic mass is 9.95. The number of piperidine rings is 1. The van der Waals surface area contributed by atoms with E-state index in [4.69, 9.17) is 11.6 Å². The predicted octanol–water partition coefficient (Wildman–Crippen LogP) is 2.29. The lowest BCUT2D eigenvalue weighted by Crippen LogP contribution is -2.44. The van der Waals surface area contributed by atoms with Crippen LogP contribution in [0.2, 0.25) is 5.02 Å². The second-order valence-corrected chi connectivity index (χ2v) is 9.98. The second kappa shape index (κ2) is 8.19. The molecule has 0 aromatic heterocycles. The average molecular weight is 413 g/mol. The van der Waals surface area contributed by atoms with Crippen molar-refractivity contribution in [1.82, 2.24) is 9.80 Å². The van der Waals surface area contributed by atoms with E-state index in [1.165, 1.54) is 6.92 Å². The van der Waals surface area contributed by atoms with E-state index in [1.54, 1.807) is 34.1 Å². The van der Waals surface area contributed by atoms with Crippen molar-refractivity contribution in [2.24, 2.45) is 5.92 Å². The van der Waals surface area contributed by atoms with Gasteiger partial charge in [-0.05, 0) is 30.9 Å². The molecule has 0 spiro atoms.